The second-order valence-corrected chi connectivity index (χ2v) is 11.1. The Kier molecular flexibility index (Phi) is 11.6. The van der Waals surface area contributed by atoms with Crippen LogP contribution < -0.4 is 0 Å². The monoisotopic (exact) mass is 470 g/mol. The molecule has 0 bridgehead atoms. The van der Waals surface area contributed by atoms with Crippen molar-refractivity contribution in [3.63, 3.8) is 0 Å². The number of rotatable bonds is 15. The van der Waals surface area contributed by atoms with Gasteiger partial charge in [0.25, 0.3) is 0 Å². The highest BCUT2D eigenvalue weighted by Crippen LogP contribution is 2.45. The maximum Gasteiger partial charge on any atom is 0.0598 e. The normalized spacial score (nSPS) is 12.9. The van der Waals surface area contributed by atoms with Crippen LogP contribution in [0.15, 0.2) is 9.85 Å². The van der Waals surface area contributed by atoms with Crippen molar-refractivity contribution >= 4 is 48.0 Å². The van der Waals surface area contributed by atoms with Gasteiger partial charge in [-0.1, -0.05) is 90.9 Å². The first-order valence-corrected chi connectivity index (χ1v) is 13.8. The summed E-state index contributed by atoms with van der Waals surface area (Å²) in [6.07, 6.45) is 19.7. The van der Waals surface area contributed by atoms with Gasteiger partial charge < -0.3 is 0 Å². The number of thiophene rings is 2. The molecule has 0 amide bonds. The van der Waals surface area contributed by atoms with E-state index in [0.29, 0.717) is 0 Å². The van der Waals surface area contributed by atoms with Crippen molar-refractivity contribution in [3.05, 3.63) is 20.3 Å². The van der Waals surface area contributed by atoms with E-state index in [1.54, 1.807) is 15.1 Å². The smallest absolute Gasteiger partial charge is 0.0598 e. The van der Waals surface area contributed by atoms with E-state index in [0.717, 1.165) is 5.92 Å². The largest absolute Gasteiger partial charge is 0.141 e. The van der Waals surface area contributed by atoms with Gasteiger partial charge in [-0.15, -0.1) is 22.7 Å². The molecule has 0 aliphatic carbocycles. The van der Waals surface area contributed by atoms with Crippen molar-refractivity contribution in [2.24, 2.45) is 0 Å². The maximum absolute atomic E-state index is 3.76. The molecule has 1 atom stereocenters. The van der Waals surface area contributed by atoms with Crippen molar-refractivity contribution in [2.75, 3.05) is 0 Å². The number of fused-ring (bicyclic) bond motifs is 1. The molecular formula is C24H39BrS2. The molecule has 0 fully saturated rings. The molecule has 0 saturated heterocycles. The summed E-state index contributed by atoms with van der Waals surface area (Å²) in [5, 5.41) is 2.29. The molecule has 0 radical (unpaired) electrons. The number of aryl methyl sites for hydroxylation is 1. The third-order valence-electron chi connectivity index (χ3n) is 5.80. The molecule has 0 saturated carbocycles. The quantitative estimate of drug-likeness (QED) is 0.227. The van der Waals surface area contributed by atoms with Crippen LogP contribution in [0.5, 0.6) is 0 Å². The van der Waals surface area contributed by atoms with E-state index in [2.05, 4.69) is 42.1 Å². The SMILES string of the molecule is CCCCCCCCCC(CCCCCCC)c1c(C)sc2c(Br)csc12. The highest BCUT2D eigenvalue weighted by molar-refractivity contribution is 9.10. The first-order valence-electron chi connectivity index (χ1n) is 11.3. The van der Waals surface area contributed by atoms with Crippen molar-refractivity contribution in [1.29, 1.82) is 0 Å². The zero-order chi connectivity index (χ0) is 19.5. The van der Waals surface area contributed by atoms with Gasteiger partial charge in [-0.3, -0.25) is 0 Å². The minimum Gasteiger partial charge on any atom is -0.141 e. The van der Waals surface area contributed by atoms with Gasteiger partial charge in [0.2, 0.25) is 0 Å². The maximum atomic E-state index is 3.76. The minimum absolute atomic E-state index is 0.779. The summed E-state index contributed by atoms with van der Waals surface area (Å²) in [6.45, 7) is 6.97. The molecule has 2 aromatic rings. The van der Waals surface area contributed by atoms with Gasteiger partial charge in [-0.25, -0.2) is 0 Å². The number of halogens is 1. The Balaban J connectivity index is 1.93. The molecule has 0 nitrogen and oxygen atoms in total. The van der Waals surface area contributed by atoms with E-state index in [9.17, 15) is 0 Å². The molecule has 154 valence electrons. The van der Waals surface area contributed by atoms with Crippen LogP contribution in [0, 0.1) is 6.92 Å². The van der Waals surface area contributed by atoms with Gasteiger partial charge in [0.15, 0.2) is 0 Å². The summed E-state index contributed by atoms with van der Waals surface area (Å²) in [5.74, 6) is 0.779. The summed E-state index contributed by atoms with van der Waals surface area (Å²) >= 11 is 7.72. The summed E-state index contributed by atoms with van der Waals surface area (Å²) in [4.78, 5) is 1.57. The van der Waals surface area contributed by atoms with Gasteiger partial charge >= 0.3 is 0 Å². The third kappa shape index (κ3) is 7.48. The Bertz CT molecular complexity index is 640. The fraction of sp³-hybridized carbons (Fsp3) is 0.750. The van der Waals surface area contributed by atoms with Gasteiger partial charge in [0.1, 0.15) is 0 Å². The Morgan fingerprint density at radius 2 is 1.30 bits per heavy atom. The topological polar surface area (TPSA) is 0 Å². The summed E-state index contributed by atoms with van der Waals surface area (Å²) in [6, 6.07) is 0. The van der Waals surface area contributed by atoms with Gasteiger partial charge in [0, 0.05) is 19.4 Å². The molecule has 1 unspecified atom stereocenters. The fourth-order valence-corrected chi connectivity index (χ4v) is 7.53. The lowest BCUT2D eigenvalue weighted by atomic mass is 9.88. The third-order valence-corrected chi connectivity index (χ3v) is 9.29. The predicted octanol–water partition coefficient (Wildman–Crippen LogP) is 10.6. The molecule has 2 heterocycles. The van der Waals surface area contributed by atoms with E-state index in [1.165, 1.54) is 99.1 Å². The first-order chi connectivity index (χ1) is 13.2. The number of hydrogen-bond acceptors (Lipinski definition) is 2. The molecule has 27 heavy (non-hydrogen) atoms. The molecule has 0 aliphatic rings. The second-order valence-electron chi connectivity index (χ2n) is 8.12. The van der Waals surface area contributed by atoms with Crippen molar-refractivity contribution in [2.45, 2.75) is 117 Å². The molecule has 2 aromatic heterocycles. The van der Waals surface area contributed by atoms with Crippen molar-refractivity contribution < 1.29 is 0 Å². The van der Waals surface area contributed by atoms with Crippen LogP contribution in [-0.2, 0) is 0 Å². The lowest BCUT2D eigenvalue weighted by Gasteiger charge is -2.18. The fourth-order valence-electron chi connectivity index (χ4n) is 4.22. The molecule has 0 spiro atoms. The summed E-state index contributed by atoms with van der Waals surface area (Å²) in [5.41, 5.74) is 1.70. The number of unbranched alkanes of at least 4 members (excludes halogenated alkanes) is 10. The van der Waals surface area contributed by atoms with E-state index in [1.807, 2.05) is 22.7 Å². The minimum atomic E-state index is 0.779. The molecule has 3 heteroatoms. The molecular weight excluding hydrogens is 432 g/mol. The van der Waals surface area contributed by atoms with Crippen LogP contribution in [0.3, 0.4) is 0 Å². The highest BCUT2D eigenvalue weighted by atomic mass is 79.9. The Morgan fingerprint density at radius 1 is 0.778 bits per heavy atom. The van der Waals surface area contributed by atoms with Crippen LogP contribution in [0.25, 0.3) is 9.40 Å². The highest BCUT2D eigenvalue weighted by Gasteiger charge is 2.21. The standard InChI is InChI=1S/C24H39BrS2/c1-4-6-8-10-11-13-15-17-20(16-14-12-9-7-5-2)22-19(3)27-23-21(25)18-26-24(22)23/h18,20H,4-17H2,1-3H3. The van der Waals surface area contributed by atoms with E-state index in [-0.39, 0.29) is 0 Å². The van der Waals surface area contributed by atoms with E-state index < -0.39 is 0 Å². The lowest BCUT2D eigenvalue weighted by molar-refractivity contribution is 0.489. The van der Waals surface area contributed by atoms with Crippen LogP contribution in [0.4, 0.5) is 0 Å². The van der Waals surface area contributed by atoms with Gasteiger partial charge in [0.05, 0.1) is 4.70 Å². The Hall–Kier alpha value is 0.140. The predicted molar refractivity (Wildman–Crippen MR) is 131 cm³/mol. The van der Waals surface area contributed by atoms with E-state index in [4.69, 9.17) is 0 Å². The number of hydrogen-bond donors (Lipinski definition) is 0. The Morgan fingerprint density at radius 3 is 1.85 bits per heavy atom. The lowest BCUT2D eigenvalue weighted by Crippen LogP contribution is -2.00. The molecule has 0 aliphatic heterocycles. The molecule has 0 N–H and O–H groups in total. The van der Waals surface area contributed by atoms with Gasteiger partial charge in [-0.2, -0.15) is 0 Å². The second kappa shape index (κ2) is 13.4. The van der Waals surface area contributed by atoms with Crippen molar-refractivity contribution in [3.8, 4) is 0 Å². The molecule has 2 rings (SSSR count). The summed E-state index contributed by atoms with van der Waals surface area (Å²) < 4.78 is 4.37. The zero-order valence-electron chi connectivity index (χ0n) is 17.7. The van der Waals surface area contributed by atoms with Crippen LogP contribution >= 0.6 is 38.6 Å². The van der Waals surface area contributed by atoms with Crippen LogP contribution in [-0.4, -0.2) is 0 Å². The Labute approximate surface area is 184 Å². The average Bonchev–Trinajstić information content (AvgIpc) is 3.17. The first kappa shape index (κ1) is 23.4. The van der Waals surface area contributed by atoms with E-state index >= 15 is 0 Å². The average molecular weight is 472 g/mol. The van der Waals surface area contributed by atoms with Crippen LogP contribution in [0.1, 0.15) is 120 Å². The summed E-state index contributed by atoms with van der Waals surface area (Å²) in [7, 11) is 0. The van der Waals surface area contributed by atoms with Crippen LogP contribution in [0.2, 0.25) is 0 Å². The zero-order valence-corrected chi connectivity index (χ0v) is 21.0. The van der Waals surface area contributed by atoms with Gasteiger partial charge in [-0.05, 0) is 47.2 Å². The molecule has 0 aromatic carbocycles. The van der Waals surface area contributed by atoms with Crippen molar-refractivity contribution in [1.82, 2.24) is 0 Å².